The quantitative estimate of drug-likeness (QED) is 0.522. The Bertz CT molecular complexity index is 516. The van der Waals surface area contributed by atoms with Crippen LogP contribution in [0.15, 0.2) is 18.2 Å². The van der Waals surface area contributed by atoms with Crippen molar-refractivity contribution in [3.63, 3.8) is 0 Å². The van der Waals surface area contributed by atoms with E-state index in [9.17, 15) is 14.9 Å². The lowest BCUT2D eigenvalue weighted by Crippen LogP contribution is -2.32. The van der Waals surface area contributed by atoms with E-state index >= 15 is 0 Å². The third-order valence-corrected chi connectivity index (χ3v) is 3.58. The fraction of sp³-hybridized carbons (Fsp3) is 0.500. The van der Waals surface area contributed by atoms with Crippen molar-refractivity contribution in [3.8, 4) is 0 Å². The molecular weight excluding hydrogens is 258 g/mol. The Balaban J connectivity index is 2.09. The summed E-state index contributed by atoms with van der Waals surface area (Å²) >= 11 is 0. The van der Waals surface area contributed by atoms with Crippen molar-refractivity contribution in [1.29, 1.82) is 0 Å². The number of carbonyl (C=O) groups is 1. The topological polar surface area (TPSA) is 89.5 Å². The van der Waals surface area contributed by atoms with E-state index in [0.29, 0.717) is 13.0 Å². The van der Waals surface area contributed by atoms with Crippen LogP contribution in [0.4, 0.5) is 11.4 Å². The molecule has 1 saturated heterocycles. The van der Waals surface area contributed by atoms with Gasteiger partial charge in [-0.05, 0) is 24.5 Å². The van der Waals surface area contributed by atoms with Crippen LogP contribution in [0, 0.1) is 10.1 Å². The molecule has 0 radical (unpaired) electrons. The zero-order valence-electron chi connectivity index (χ0n) is 11.4. The van der Waals surface area contributed by atoms with Crippen LogP contribution in [-0.4, -0.2) is 22.3 Å². The summed E-state index contributed by atoms with van der Waals surface area (Å²) in [6, 6.07) is 4.66. The first kappa shape index (κ1) is 14.3. The maximum Gasteiger partial charge on any atom is 0.292 e. The highest BCUT2D eigenvalue weighted by atomic mass is 16.6. The van der Waals surface area contributed by atoms with Gasteiger partial charge in [0.05, 0.1) is 4.92 Å². The predicted octanol–water partition coefficient (Wildman–Crippen LogP) is 2.47. The second-order valence-corrected chi connectivity index (χ2v) is 5.13. The summed E-state index contributed by atoms with van der Waals surface area (Å²) in [7, 11) is 0. The Hall–Kier alpha value is -2.11. The zero-order valence-corrected chi connectivity index (χ0v) is 11.4. The molecule has 108 valence electrons. The molecule has 0 spiro atoms. The molecular formula is C14H19N3O3. The van der Waals surface area contributed by atoms with Crippen LogP contribution in [0.3, 0.4) is 0 Å². The SMILES string of the molecule is Nc1cc(CN2CCCCCCC2=O)ccc1[N+](=O)[O-]. The molecule has 2 N–H and O–H groups in total. The van der Waals surface area contributed by atoms with Gasteiger partial charge in [-0.15, -0.1) is 0 Å². The Morgan fingerprint density at radius 3 is 2.70 bits per heavy atom. The molecule has 1 aliphatic rings. The summed E-state index contributed by atoms with van der Waals surface area (Å²) in [5.74, 6) is 0.154. The van der Waals surface area contributed by atoms with Crippen molar-refractivity contribution < 1.29 is 9.72 Å². The van der Waals surface area contributed by atoms with Gasteiger partial charge < -0.3 is 10.6 Å². The molecule has 0 aromatic heterocycles. The van der Waals surface area contributed by atoms with Crippen molar-refractivity contribution >= 4 is 17.3 Å². The summed E-state index contributed by atoms with van der Waals surface area (Å²) < 4.78 is 0. The number of rotatable bonds is 3. The van der Waals surface area contributed by atoms with E-state index in [2.05, 4.69) is 0 Å². The lowest BCUT2D eigenvalue weighted by molar-refractivity contribution is -0.383. The van der Waals surface area contributed by atoms with Crippen LogP contribution in [-0.2, 0) is 11.3 Å². The predicted molar refractivity (Wildman–Crippen MR) is 76.0 cm³/mol. The molecule has 1 heterocycles. The molecule has 0 aliphatic carbocycles. The molecule has 1 fully saturated rings. The summed E-state index contributed by atoms with van der Waals surface area (Å²) in [6.45, 7) is 1.22. The molecule has 2 rings (SSSR count). The van der Waals surface area contributed by atoms with Crippen molar-refractivity contribution in [2.24, 2.45) is 0 Å². The van der Waals surface area contributed by atoms with E-state index in [-0.39, 0.29) is 17.3 Å². The Labute approximate surface area is 117 Å². The number of hydrogen-bond donors (Lipinski definition) is 1. The Kier molecular flexibility index (Phi) is 4.55. The third kappa shape index (κ3) is 3.46. The number of nitrogens with zero attached hydrogens (tertiary/aromatic N) is 2. The van der Waals surface area contributed by atoms with E-state index in [1.54, 1.807) is 12.1 Å². The molecule has 1 aliphatic heterocycles. The summed E-state index contributed by atoms with van der Waals surface area (Å²) in [4.78, 5) is 24.1. The highest BCUT2D eigenvalue weighted by Gasteiger charge is 2.17. The second kappa shape index (κ2) is 6.36. The number of nitrogens with two attached hydrogens (primary N) is 1. The lowest BCUT2D eigenvalue weighted by atomic mass is 10.1. The third-order valence-electron chi connectivity index (χ3n) is 3.58. The van der Waals surface area contributed by atoms with Crippen molar-refractivity contribution in [2.45, 2.75) is 38.6 Å². The minimum absolute atomic E-state index is 0.0901. The Morgan fingerprint density at radius 1 is 1.25 bits per heavy atom. The van der Waals surface area contributed by atoms with Gasteiger partial charge in [-0.3, -0.25) is 14.9 Å². The maximum atomic E-state index is 12.0. The minimum atomic E-state index is -0.500. The van der Waals surface area contributed by atoms with Gasteiger partial charge in [0.25, 0.3) is 5.69 Å². The number of hydrogen-bond acceptors (Lipinski definition) is 4. The standard InChI is InChI=1S/C14H19N3O3/c15-12-9-11(6-7-13(12)17(19)20)10-16-8-4-2-1-3-5-14(16)18/h6-7,9H,1-5,8,10,15H2. The summed E-state index contributed by atoms with van der Waals surface area (Å²) in [5.41, 5.74) is 6.56. The molecule has 6 nitrogen and oxygen atoms in total. The van der Waals surface area contributed by atoms with E-state index in [1.165, 1.54) is 6.07 Å². The van der Waals surface area contributed by atoms with Gasteiger partial charge in [0, 0.05) is 25.6 Å². The largest absolute Gasteiger partial charge is 0.393 e. The average Bonchev–Trinajstić information content (AvgIpc) is 2.38. The first-order valence-corrected chi connectivity index (χ1v) is 6.88. The number of likely N-dealkylation sites (tertiary alicyclic amines) is 1. The van der Waals surface area contributed by atoms with E-state index in [0.717, 1.165) is 37.8 Å². The van der Waals surface area contributed by atoms with Crippen molar-refractivity contribution in [1.82, 2.24) is 4.90 Å². The number of nitrogen functional groups attached to an aromatic ring is 1. The van der Waals surface area contributed by atoms with Crippen LogP contribution >= 0.6 is 0 Å². The number of amides is 1. The number of carbonyl (C=O) groups excluding carboxylic acids is 1. The zero-order chi connectivity index (χ0) is 14.5. The van der Waals surface area contributed by atoms with Gasteiger partial charge in [-0.1, -0.05) is 18.9 Å². The Morgan fingerprint density at radius 2 is 2.00 bits per heavy atom. The molecule has 0 saturated carbocycles. The normalized spacial score (nSPS) is 16.6. The fourth-order valence-corrected chi connectivity index (χ4v) is 2.47. The molecule has 6 heteroatoms. The van der Waals surface area contributed by atoms with E-state index in [1.807, 2.05) is 4.90 Å². The first-order valence-electron chi connectivity index (χ1n) is 6.88. The van der Waals surface area contributed by atoms with Gasteiger partial charge in [0.2, 0.25) is 5.91 Å². The number of benzene rings is 1. The van der Waals surface area contributed by atoms with Crippen molar-refractivity contribution in [2.75, 3.05) is 12.3 Å². The van der Waals surface area contributed by atoms with Crippen LogP contribution in [0.25, 0.3) is 0 Å². The second-order valence-electron chi connectivity index (χ2n) is 5.13. The summed E-state index contributed by atoms with van der Waals surface area (Å²) in [6.07, 6.45) is 4.80. The van der Waals surface area contributed by atoms with Crippen LogP contribution in [0.2, 0.25) is 0 Å². The van der Waals surface area contributed by atoms with Crippen molar-refractivity contribution in [3.05, 3.63) is 33.9 Å². The monoisotopic (exact) mass is 277 g/mol. The number of anilines is 1. The molecule has 1 amide bonds. The highest BCUT2D eigenvalue weighted by Crippen LogP contribution is 2.23. The van der Waals surface area contributed by atoms with Crippen LogP contribution in [0.1, 0.15) is 37.7 Å². The van der Waals surface area contributed by atoms with Gasteiger partial charge >= 0.3 is 0 Å². The minimum Gasteiger partial charge on any atom is -0.393 e. The van der Waals surface area contributed by atoms with Gasteiger partial charge in [-0.25, -0.2) is 0 Å². The molecule has 0 bridgehead atoms. The van der Waals surface area contributed by atoms with Gasteiger partial charge in [0.15, 0.2) is 0 Å². The fourth-order valence-electron chi connectivity index (χ4n) is 2.47. The maximum absolute atomic E-state index is 12.0. The van der Waals surface area contributed by atoms with E-state index < -0.39 is 4.92 Å². The molecule has 0 atom stereocenters. The number of nitro benzene ring substituents is 1. The molecule has 0 unspecified atom stereocenters. The molecule has 1 aromatic carbocycles. The molecule has 20 heavy (non-hydrogen) atoms. The van der Waals surface area contributed by atoms with E-state index in [4.69, 9.17) is 5.73 Å². The highest BCUT2D eigenvalue weighted by molar-refractivity contribution is 5.76. The first-order chi connectivity index (χ1) is 9.58. The lowest BCUT2D eigenvalue weighted by Gasteiger charge is -2.25. The van der Waals surface area contributed by atoms with Gasteiger partial charge in [-0.2, -0.15) is 0 Å². The van der Waals surface area contributed by atoms with Crippen LogP contribution in [0.5, 0.6) is 0 Å². The summed E-state index contributed by atoms with van der Waals surface area (Å²) in [5, 5.41) is 10.7. The van der Waals surface area contributed by atoms with Crippen LogP contribution < -0.4 is 5.73 Å². The number of nitro groups is 1. The molecule has 1 aromatic rings. The smallest absolute Gasteiger partial charge is 0.292 e. The van der Waals surface area contributed by atoms with Gasteiger partial charge in [0.1, 0.15) is 5.69 Å². The average molecular weight is 277 g/mol.